The van der Waals surface area contributed by atoms with Gasteiger partial charge in [-0.3, -0.25) is 4.98 Å². The molecule has 10 rings (SSSR count). The minimum absolute atomic E-state index is 0.0928. The first-order valence-corrected chi connectivity index (χ1v) is 17.1. The third-order valence-corrected chi connectivity index (χ3v) is 11.9. The molecule has 4 saturated carbocycles. The molecule has 0 unspecified atom stereocenters. The lowest BCUT2D eigenvalue weighted by Gasteiger charge is -2.61. The normalized spacial score (nSPS) is 25.8. The molecular formula is C43H42N2. The van der Waals surface area contributed by atoms with Crippen LogP contribution in [0.3, 0.4) is 0 Å². The minimum Gasteiger partial charge on any atom is -0.310 e. The van der Waals surface area contributed by atoms with Gasteiger partial charge in [-0.05, 0) is 143 Å². The molecule has 1 aromatic heterocycles. The van der Waals surface area contributed by atoms with E-state index in [2.05, 4.69) is 134 Å². The zero-order valence-electron chi connectivity index (χ0n) is 26.7. The molecule has 4 fully saturated rings. The van der Waals surface area contributed by atoms with E-state index in [0.717, 1.165) is 11.8 Å². The fourth-order valence-corrected chi connectivity index (χ4v) is 10.3. The van der Waals surface area contributed by atoms with Crippen molar-refractivity contribution in [2.24, 2.45) is 23.7 Å². The van der Waals surface area contributed by atoms with Crippen LogP contribution < -0.4 is 4.90 Å². The maximum absolute atomic E-state index is 4.39. The van der Waals surface area contributed by atoms with Gasteiger partial charge >= 0.3 is 0 Å². The number of nitrogens with zero attached hydrogens (tertiary/aromatic N) is 2. The molecule has 1 spiro atoms. The molecule has 45 heavy (non-hydrogen) atoms. The zero-order valence-corrected chi connectivity index (χ0v) is 26.7. The summed E-state index contributed by atoms with van der Waals surface area (Å²) in [6, 6.07) is 39.2. The molecule has 5 aliphatic rings. The highest BCUT2D eigenvalue weighted by atomic mass is 15.1. The Kier molecular flexibility index (Phi) is 5.99. The summed E-state index contributed by atoms with van der Waals surface area (Å²) in [5.74, 6) is 3.26. The first-order valence-electron chi connectivity index (χ1n) is 17.1. The van der Waals surface area contributed by atoms with Crippen molar-refractivity contribution in [3.05, 3.63) is 132 Å². The van der Waals surface area contributed by atoms with Crippen LogP contribution >= 0.6 is 0 Å². The van der Waals surface area contributed by atoms with Gasteiger partial charge in [0.25, 0.3) is 0 Å². The van der Waals surface area contributed by atoms with Crippen LogP contribution in [0.1, 0.15) is 69.6 Å². The van der Waals surface area contributed by atoms with Crippen LogP contribution in [-0.4, -0.2) is 4.98 Å². The van der Waals surface area contributed by atoms with Crippen LogP contribution in [0.5, 0.6) is 0 Å². The Hall–Kier alpha value is -4.17. The number of hydrogen-bond donors (Lipinski definition) is 0. The average molecular weight is 587 g/mol. The van der Waals surface area contributed by atoms with Crippen LogP contribution in [0, 0.1) is 23.7 Å². The number of hydrogen-bond acceptors (Lipinski definition) is 2. The summed E-state index contributed by atoms with van der Waals surface area (Å²) < 4.78 is 0. The van der Waals surface area contributed by atoms with E-state index in [0.29, 0.717) is 11.8 Å². The smallest absolute Gasteiger partial charge is 0.0549 e. The van der Waals surface area contributed by atoms with Gasteiger partial charge in [0.2, 0.25) is 0 Å². The van der Waals surface area contributed by atoms with Gasteiger partial charge in [0, 0.05) is 34.7 Å². The number of para-hydroxylation sites is 1. The van der Waals surface area contributed by atoms with E-state index in [9.17, 15) is 0 Å². The Morgan fingerprint density at radius 2 is 1.24 bits per heavy atom. The first kappa shape index (κ1) is 27.2. The van der Waals surface area contributed by atoms with Crippen molar-refractivity contribution in [2.45, 2.75) is 63.7 Å². The molecule has 224 valence electrons. The summed E-state index contributed by atoms with van der Waals surface area (Å²) >= 11 is 0. The quantitative estimate of drug-likeness (QED) is 0.208. The SMILES string of the molecule is CC(C)(C)c1ccc(N(c2ccccc2)c2cc(-c3ccncc3)cc3c2-c2ccccc2C32C3CC4CC(C3)CC2C4)cc1. The average Bonchev–Trinajstić information content (AvgIpc) is 3.35. The lowest BCUT2D eigenvalue weighted by molar-refractivity contribution is -0.0399. The maximum Gasteiger partial charge on any atom is 0.0549 e. The summed E-state index contributed by atoms with van der Waals surface area (Å²) in [5.41, 5.74) is 13.8. The molecule has 0 aliphatic heterocycles. The third-order valence-electron chi connectivity index (χ3n) is 11.9. The van der Waals surface area contributed by atoms with Gasteiger partial charge in [0.1, 0.15) is 0 Å². The monoisotopic (exact) mass is 586 g/mol. The van der Waals surface area contributed by atoms with E-state index >= 15 is 0 Å². The Balaban J connectivity index is 1.35. The van der Waals surface area contributed by atoms with Crippen LogP contribution in [0.2, 0.25) is 0 Å². The van der Waals surface area contributed by atoms with Gasteiger partial charge in [-0.15, -0.1) is 0 Å². The molecule has 0 amide bonds. The van der Waals surface area contributed by atoms with E-state index in [1.807, 2.05) is 12.4 Å². The largest absolute Gasteiger partial charge is 0.310 e. The molecule has 0 radical (unpaired) electrons. The molecule has 0 N–H and O–H groups in total. The highest BCUT2D eigenvalue weighted by Gasteiger charge is 2.62. The summed E-state index contributed by atoms with van der Waals surface area (Å²) in [6.07, 6.45) is 10.9. The Bertz CT molecular complexity index is 1850. The van der Waals surface area contributed by atoms with E-state index in [4.69, 9.17) is 0 Å². The molecule has 0 atom stereocenters. The molecule has 5 aliphatic carbocycles. The molecule has 4 bridgehead atoms. The number of fused-ring (bicyclic) bond motifs is 3. The van der Waals surface area contributed by atoms with Gasteiger partial charge in [-0.1, -0.05) is 75.4 Å². The second-order valence-corrected chi connectivity index (χ2v) is 15.3. The number of pyridine rings is 1. The highest BCUT2D eigenvalue weighted by molar-refractivity contribution is 5.97. The predicted octanol–water partition coefficient (Wildman–Crippen LogP) is 11.2. The summed E-state index contributed by atoms with van der Waals surface area (Å²) in [4.78, 5) is 6.92. The Morgan fingerprint density at radius 3 is 1.91 bits per heavy atom. The van der Waals surface area contributed by atoms with Crippen molar-refractivity contribution in [3.63, 3.8) is 0 Å². The third kappa shape index (κ3) is 4.04. The molecule has 2 nitrogen and oxygen atoms in total. The molecule has 5 aromatic rings. The Labute approximate surface area is 268 Å². The van der Waals surface area contributed by atoms with Crippen LogP contribution in [0.15, 0.2) is 116 Å². The Morgan fingerprint density at radius 1 is 0.622 bits per heavy atom. The van der Waals surface area contributed by atoms with Crippen molar-refractivity contribution in [1.82, 2.24) is 4.98 Å². The fraction of sp³-hybridized carbons (Fsp3) is 0.326. The van der Waals surface area contributed by atoms with Gasteiger partial charge in [0.15, 0.2) is 0 Å². The number of aromatic nitrogens is 1. The van der Waals surface area contributed by atoms with Gasteiger partial charge in [-0.25, -0.2) is 0 Å². The van der Waals surface area contributed by atoms with Gasteiger partial charge < -0.3 is 4.90 Å². The van der Waals surface area contributed by atoms with Gasteiger partial charge in [0.05, 0.1) is 5.69 Å². The van der Waals surface area contributed by atoms with E-state index in [1.54, 1.807) is 11.1 Å². The van der Waals surface area contributed by atoms with Crippen molar-refractivity contribution in [1.29, 1.82) is 0 Å². The lowest BCUT2D eigenvalue weighted by atomic mass is 9.43. The molecule has 2 heteroatoms. The maximum atomic E-state index is 4.39. The second kappa shape index (κ2) is 9.91. The molecule has 0 saturated heterocycles. The predicted molar refractivity (Wildman–Crippen MR) is 186 cm³/mol. The van der Waals surface area contributed by atoms with Crippen LogP contribution in [0.4, 0.5) is 17.1 Å². The zero-order chi connectivity index (χ0) is 30.3. The van der Waals surface area contributed by atoms with E-state index in [1.165, 1.54) is 77.0 Å². The first-order chi connectivity index (χ1) is 21.9. The standard InChI is InChI=1S/C43H42N2/c1-42(2,3)32-13-15-36(16-14-32)45(35-9-5-4-6-10-35)40-27-31(30-17-19-44-20-18-30)26-39-41(40)37-11-7-8-12-38(37)43(39)33-22-28-21-29(24-33)25-34(43)23-28/h4-20,26-29,33-34H,21-25H2,1-3H3. The molecular weight excluding hydrogens is 544 g/mol. The van der Waals surface area contributed by atoms with E-state index < -0.39 is 0 Å². The van der Waals surface area contributed by atoms with Crippen LogP contribution in [-0.2, 0) is 10.8 Å². The highest BCUT2D eigenvalue weighted by Crippen LogP contribution is 2.70. The summed E-state index contributed by atoms with van der Waals surface area (Å²) in [7, 11) is 0. The topological polar surface area (TPSA) is 16.1 Å². The minimum atomic E-state index is 0.0928. The summed E-state index contributed by atoms with van der Waals surface area (Å²) in [5, 5.41) is 0. The molecule has 4 aromatic carbocycles. The van der Waals surface area contributed by atoms with E-state index in [-0.39, 0.29) is 10.8 Å². The number of benzene rings is 4. The van der Waals surface area contributed by atoms with Crippen molar-refractivity contribution < 1.29 is 0 Å². The fourth-order valence-electron chi connectivity index (χ4n) is 10.3. The number of anilines is 3. The lowest BCUT2D eigenvalue weighted by Crippen LogP contribution is -2.55. The number of rotatable bonds is 4. The van der Waals surface area contributed by atoms with Crippen LogP contribution in [0.25, 0.3) is 22.3 Å². The van der Waals surface area contributed by atoms with Crippen molar-refractivity contribution in [2.75, 3.05) is 4.90 Å². The van der Waals surface area contributed by atoms with Gasteiger partial charge in [-0.2, -0.15) is 0 Å². The van der Waals surface area contributed by atoms with Crippen molar-refractivity contribution in [3.8, 4) is 22.3 Å². The van der Waals surface area contributed by atoms with Crippen molar-refractivity contribution >= 4 is 17.1 Å². The molecule has 1 heterocycles. The second-order valence-electron chi connectivity index (χ2n) is 15.3. The summed E-state index contributed by atoms with van der Waals surface area (Å²) in [6.45, 7) is 6.89.